The van der Waals surface area contributed by atoms with E-state index in [9.17, 15) is 0 Å². The molecule has 0 radical (unpaired) electrons. The van der Waals surface area contributed by atoms with Gasteiger partial charge in [0, 0.05) is 23.4 Å². The number of rotatable bonds is 4. The molecule has 0 spiro atoms. The third-order valence-corrected chi connectivity index (χ3v) is 4.35. The first-order valence-corrected chi connectivity index (χ1v) is 7.38. The zero-order chi connectivity index (χ0) is 12.4. The van der Waals surface area contributed by atoms with Crippen molar-refractivity contribution in [3.63, 3.8) is 0 Å². The van der Waals surface area contributed by atoms with Crippen LogP contribution >= 0.6 is 11.3 Å². The van der Waals surface area contributed by atoms with Gasteiger partial charge in [0.15, 0.2) is 0 Å². The first kappa shape index (κ1) is 11.9. The molecule has 0 bridgehead atoms. The predicted octanol–water partition coefficient (Wildman–Crippen LogP) is 2.86. The minimum atomic E-state index is 0.156. The van der Waals surface area contributed by atoms with Crippen LogP contribution in [-0.2, 0) is 6.42 Å². The molecule has 4 nitrogen and oxygen atoms in total. The van der Waals surface area contributed by atoms with Crippen LogP contribution in [0.5, 0.6) is 0 Å². The van der Waals surface area contributed by atoms with Gasteiger partial charge < -0.3 is 10.3 Å². The number of nitrogens with two attached hydrogens (primary N) is 1. The highest BCUT2D eigenvalue weighted by molar-refractivity contribution is 7.08. The molecule has 18 heavy (non-hydrogen) atoms. The fourth-order valence-electron chi connectivity index (χ4n) is 2.60. The van der Waals surface area contributed by atoms with Crippen LogP contribution in [-0.4, -0.2) is 16.2 Å². The molecule has 1 aliphatic carbocycles. The van der Waals surface area contributed by atoms with Crippen molar-refractivity contribution >= 4 is 11.3 Å². The van der Waals surface area contributed by atoms with Gasteiger partial charge in [0.1, 0.15) is 0 Å². The highest BCUT2D eigenvalue weighted by Gasteiger charge is 2.24. The van der Waals surface area contributed by atoms with Crippen LogP contribution in [0.25, 0.3) is 11.4 Å². The summed E-state index contributed by atoms with van der Waals surface area (Å²) >= 11 is 1.63. The average molecular weight is 263 g/mol. The summed E-state index contributed by atoms with van der Waals surface area (Å²) in [6.45, 7) is 0. The molecule has 2 N–H and O–H groups in total. The van der Waals surface area contributed by atoms with Crippen LogP contribution in [0, 0.1) is 5.92 Å². The fraction of sp³-hybridized carbons (Fsp3) is 0.538. The first-order chi connectivity index (χ1) is 8.83. The van der Waals surface area contributed by atoms with E-state index in [1.165, 1.54) is 25.7 Å². The van der Waals surface area contributed by atoms with Crippen molar-refractivity contribution in [2.75, 3.05) is 0 Å². The zero-order valence-electron chi connectivity index (χ0n) is 10.2. The van der Waals surface area contributed by atoms with Crippen LogP contribution < -0.4 is 5.73 Å². The molecule has 3 rings (SSSR count). The Hall–Kier alpha value is -1.20. The monoisotopic (exact) mass is 263 g/mol. The van der Waals surface area contributed by atoms with Crippen molar-refractivity contribution in [3.05, 3.63) is 22.7 Å². The SMILES string of the molecule is NC(Cc1nc(-c2ccsc2)no1)C1CCCC1. The molecule has 1 fully saturated rings. The molecule has 1 aliphatic rings. The second kappa shape index (κ2) is 5.20. The van der Waals surface area contributed by atoms with Gasteiger partial charge in [-0.05, 0) is 30.2 Å². The Bertz CT molecular complexity index is 488. The average Bonchev–Trinajstić information content (AvgIpc) is 3.12. The molecule has 2 aromatic heterocycles. The summed E-state index contributed by atoms with van der Waals surface area (Å²) < 4.78 is 5.28. The Morgan fingerprint density at radius 2 is 2.28 bits per heavy atom. The summed E-state index contributed by atoms with van der Waals surface area (Å²) in [6.07, 6.45) is 5.80. The molecular formula is C13H17N3OS. The molecular weight excluding hydrogens is 246 g/mol. The third kappa shape index (κ3) is 2.47. The molecule has 5 heteroatoms. The Morgan fingerprint density at radius 3 is 3.00 bits per heavy atom. The van der Waals surface area contributed by atoms with Crippen LogP contribution in [0.3, 0.4) is 0 Å². The van der Waals surface area contributed by atoms with Gasteiger partial charge in [-0.2, -0.15) is 16.3 Å². The number of thiophene rings is 1. The van der Waals surface area contributed by atoms with Crippen LogP contribution in [0.4, 0.5) is 0 Å². The second-order valence-electron chi connectivity index (χ2n) is 4.94. The van der Waals surface area contributed by atoms with Crippen molar-refractivity contribution < 1.29 is 4.52 Å². The molecule has 2 aromatic rings. The normalized spacial score (nSPS) is 18.3. The molecule has 0 aromatic carbocycles. The van der Waals surface area contributed by atoms with Crippen molar-refractivity contribution in [2.24, 2.45) is 11.7 Å². The Labute approximate surface area is 110 Å². The van der Waals surface area contributed by atoms with E-state index in [-0.39, 0.29) is 6.04 Å². The lowest BCUT2D eigenvalue weighted by Gasteiger charge is -2.16. The third-order valence-electron chi connectivity index (χ3n) is 3.66. The van der Waals surface area contributed by atoms with Crippen molar-refractivity contribution in [1.82, 2.24) is 10.1 Å². The van der Waals surface area contributed by atoms with Crippen molar-refractivity contribution in [1.29, 1.82) is 0 Å². The fourth-order valence-corrected chi connectivity index (χ4v) is 3.23. The lowest BCUT2D eigenvalue weighted by Crippen LogP contribution is -2.30. The van der Waals surface area contributed by atoms with Crippen molar-refractivity contribution in [2.45, 2.75) is 38.1 Å². The Balaban J connectivity index is 1.66. The minimum absolute atomic E-state index is 0.156. The topological polar surface area (TPSA) is 64.9 Å². The molecule has 0 saturated heterocycles. The Kier molecular flexibility index (Phi) is 3.43. The number of aromatic nitrogens is 2. The maximum absolute atomic E-state index is 6.21. The number of nitrogens with zero attached hydrogens (tertiary/aromatic N) is 2. The van der Waals surface area contributed by atoms with Crippen LogP contribution in [0.1, 0.15) is 31.6 Å². The molecule has 2 heterocycles. The molecule has 1 saturated carbocycles. The molecule has 0 aliphatic heterocycles. The van der Waals surface area contributed by atoms with Crippen LogP contribution in [0.2, 0.25) is 0 Å². The lowest BCUT2D eigenvalue weighted by molar-refractivity contribution is 0.341. The minimum Gasteiger partial charge on any atom is -0.339 e. The van der Waals surface area contributed by atoms with E-state index >= 15 is 0 Å². The molecule has 0 amide bonds. The van der Waals surface area contributed by atoms with E-state index in [1.807, 2.05) is 16.8 Å². The van der Waals surface area contributed by atoms with Gasteiger partial charge in [0.2, 0.25) is 11.7 Å². The van der Waals surface area contributed by atoms with Gasteiger partial charge in [0.25, 0.3) is 0 Å². The van der Waals surface area contributed by atoms with E-state index in [0.29, 0.717) is 24.1 Å². The van der Waals surface area contributed by atoms with E-state index in [0.717, 1.165) is 5.56 Å². The summed E-state index contributed by atoms with van der Waals surface area (Å²) in [5.41, 5.74) is 7.23. The summed E-state index contributed by atoms with van der Waals surface area (Å²) in [5.74, 6) is 1.96. The maximum atomic E-state index is 6.21. The van der Waals surface area contributed by atoms with Gasteiger partial charge in [0.05, 0.1) is 0 Å². The molecule has 1 unspecified atom stereocenters. The van der Waals surface area contributed by atoms with Gasteiger partial charge in [-0.15, -0.1) is 0 Å². The summed E-state index contributed by atoms with van der Waals surface area (Å²) in [7, 11) is 0. The Morgan fingerprint density at radius 1 is 1.44 bits per heavy atom. The van der Waals surface area contributed by atoms with Crippen LogP contribution in [0.15, 0.2) is 21.3 Å². The van der Waals surface area contributed by atoms with E-state index in [4.69, 9.17) is 10.3 Å². The summed E-state index contributed by atoms with van der Waals surface area (Å²) in [6, 6.07) is 2.15. The quantitative estimate of drug-likeness (QED) is 0.921. The predicted molar refractivity (Wildman–Crippen MR) is 71.2 cm³/mol. The van der Waals surface area contributed by atoms with E-state index in [1.54, 1.807) is 11.3 Å². The highest BCUT2D eigenvalue weighted by atomic mass is 32.1. The standard InChI is InChI=1S/C13H17N3OS/c14-11(9-3-1-2-4-9)7-12-15-13(16-17-12)10-5-6-18-8-10/h5-6,8-9,11H,1-4,7,14H2. The first-order valence-electron chi connectivity index (χ1n) is 6.43. The largest absolute Gasteiger partial charge is 0.339 e. The number of hydrogen-bond donors (Lipinski definition) is 1. The zero-order valence-corrected chi connectivity index (χ0v) is 11.0. The number of hydrogen-bond acceptors (Lipinski definition) is 5. The smallest absolute Gasteiger partial charge is 0.228 e. The van der Waals surface area contributed by atoms with E-state index in [2.05, 4.69) is 10.1 Å². The van der Waals surface area contributed by atoms with E-state index < -0.39 is 0 Å². The van der Waals surface area contributed by atoms with Gasteiger partial charge in [-0.25, -0.2) is 0 Å². The second-order valence-corrected chi connectivity index (χ2v) is 5.72. The summed E-state index contributed by atoms with van der Waals surface area (Å²) in [4.78, 5) is 4.41. The molecule has 1 atom stereocenters. The highest BCUT2D eigenvalue weighted by Crippen LogP contribution is 2.28. The van der Waals surface area contributed by atoms with Crippen molar-refractivity contribution in [3.8, 4) is 11.4 Å². The van der Waals surface area contributed by atoms with Gasteiger partial charge in [-0.1, -0.05) is 18.0 Å². The van der Waals surface area contributed by atoms with Gasteiger partial charge >= 0.3 is 0 Å². The van der Waals surface area contributed by atoms with Gasteiger partial charge in [-0.3, -0.25) is 0 Å². The summed E-state index contributed by atoms with van der Waals surface area (Å²) in [5, 5.41) is 8.03. The maximum Gasteiger partial charge on any atom is 0.228 e. The lowest BCUT2D eigenvalue weighted by atomic mass is 9.96. The molecule has 96 valence electrons.